The fraction of sp³-hybridized carbons (Fsp3) is 0.348. The third kappa shape index (κ3) is 5.72. The minimum Gasteiger partial charge on any atom is -0.481 e. The van der Waals surface area contributed by atoms with E-state index in [1.807, 2.05) is 30.3 Å². The molecule has 2 aromatic rings. The molecule has 1 unspecified atom stereocenters. The average Bonchev–Trinajstić information content (AvgIpc) is 3.19. The molecular weight excluding hydrogens is 472 g/mol. The quantitative estimate of drug-likeness (QED) is 0.396. The van der Waals surface area contributed by atoms with Crippen molar-refractivity contribution < 1.29 is 23.0 Å². The lowest BCUT2D eigenvalue weighted by Gasteiger charge is -2.36. The minimum atomic E-state index is -1.09. The van der Waals surface area contributed by atoms with Crippen LogP contribution in [-0.2, 0) is 19.1 Å². The van der Waals surface area contributed by atoms with Crippen molar-refractivity contribution in [1.82, 2.24) is 5.01 Å². The van der Waals surface area contributed by atoms with Crippen LogP contribution in [0.4, 0.5) is 8.78 Å². The zero-order chi connectivity index (χ0) is 23.3. The Kier molecular flexibility index (Phi) is 9.39. The van der Waals surface area contributed by atoms with Crippen LogP contribution in [-0.4, -0.2) is 41.7 Å². The van der Waals surface area contributed by atoms with Crippen molar-refractivity contribution >= 4 is 41.0 Å². The molecule has 0 spiro atoms. The third-order valence-corrected chi connectivity index (χ3v) is 6.55. The van der Waals surface area contributed by atoms with Gasteiger partial charge in [-0.2, -0.15) is 5.10 Å². The summed E-state index contributed by atoms with van der Waals surface area (Å²) < 4.78 is 39.0. The molecule has 1 N–H and O–H groups in total. The Balaban J connectivity index is 0.00000385. The van der Waals surface area contributed by atoms with Crippen molar-refractivity contribution in [3.8, 4) is 0 Å². The first-order valence-electron chi connectivity index (χ1n) is 10.2. The maximum Gasteiger partial charge on any atom is 0.273 e. The Morgan fingerprint density at radius 3 is 2.58 bits per heavy atom. The Labute approximate surface area is 202 Å². The number of hydrogen-bond acceptors (Lipinski definition) is 6. The zero-order valence-corrected chi connectivity index (χ0v) is 20.1. The van der Waals surface area contributed by atoms with Crippen molar-refractivity contribution in [3.63, 3.8) is 0 Å². The molecular formula is C23H26ClF2N3O3S. The molecule has 178 valence electrons. The molecule has 1 heterocycles. The number of ether oxygens (including phenoxy) is 2. The van der Waals surface area contributed by atoms with Crippen LogP contribution in [0.2, 0.25) is 0 Å². The highest BCUT2D eigenvalue weighted by Gasteiger charge is 2.50. The van der Waals surface area contributed by atoms with E-state index in [9.17, 15) is 13.6 Å². The highest BCUT2D eigenvalue weighted by Crippen LogP contribution is 2.51. The summed E-state index contributed by atoms with van der Waals surface area (Å²) in [5.41, 5.74) is 0.706. The van der Waals surface area contributed by atoms with Crippen molar-refractivity contribution in [3.05, 3.63) is 71.3 Å². The summed E-state index contributed by atoms with van der Waals surface area (Å²) in [6.07, 6.45) is -0.326. The lowest BCUT2D eigenvalue weighted by molar-refractivity contribution is -0.144. The van der Waals surface area contributed by atoms with Gasteiger partial charge in [0.2, 0.25) is 0 Å². The van der Waals surface area contributed by atoms with E-state index in [1.165, 1.54) is 12.1 Å². The van der Waals surface area contributed by atoms with E-state index in [2.05, 4.69) is 5.10 Å². The second kappa shape index (κ2) is 11.6. The molecule has 6 nitrogen and oxygen atoms in total. The van der Waals surface area contributed by atoms with Gasteiger partial charge in [-0.25, -0.2) is 13.8 Å². The van der Waals surface area contributed by atoms with Crippen molar-refractivity contribution in [2.45, 2.75) is 37.7 Å². The predicted octanol–water partition coefficient (Wildman–Crippen LogP) is 5.31. The Morgan fingerprint density at radius 1 is 1.24 bits per heavy atom. The number of halogens is 3. The molecule has 0 fully saturated rings. The molecule has 1 aliphatic heterocycles. The highest BCUT2D eigenvalue weighted by atomic mass is 35.5. The average molecular weight is 498 g/mol. The van der Waals surface area contributed by atoms with Gasteiger partial charge < -0.3 is 9.47 Å². The summed E-state index contributed by atoms with van der Waals surface area (Å²) in [7, 11) is 1.41. The van der Waals surface area contributed by atoms with E-state index in [-0.39, 0.29) is 41.8 Å². The van der Waals surface area contributed by atoms with E-state index in [4.69, 9.17) is 14.9 Å². The van der Waals surface area contributed by atoms with E-state index in [0.29, 0.717) is 6.61 Å². The van der Waals surface area contributed by atoms with E-state index in [1.54, 1.807) is 13.8 Å². The van der Waals surface area contributed by atoms with Crippen molar-refractivity contribution in [2.24, 2.45) is 5.10 Å². The summed E-state index contributed by atoms with van der Waals surface area (Å²) in [6.45, 7) is 3.74. The van der Waals surface area contributed by atoms with Crippen LogP contribution in [0.25, 0.3) is 0 Å². The number of nitrogens with zero attached hydrogens (tertiary/aromatic N) is 2. The van der Waals surface area contributed by atoms with Gasteiger partial charge in [0.25, 0.3) is 5.91 Å². The van der Waals surface area contributed by atoms with Gasteiger partial charge in [0.15, 0.2) is 5.90 Å². The summed E-state index contributed by atoms with van der Waals surface area (Å²) in [4.78, 5) is 12.2. The maximum absolute atomic E-state index is 14.6. The Bertz CT molecular complexity index is 1030. The van der Waals surface area contributed by atoms with Crippen LogP contribution < -0.4 is 0 Å². The molecule has 1 aliphatic rings. The van der Waals surface area contributed by atoms with Crippen LogP contribution in [0.1, 0.15) is 37.8 Å². The molecule has 0 saturated carbocycles. The molecule has 2 aromatic carbocycles. The van der Waals surface area contributed by atoms with Crippen LogP contribution in [0.15, 0.2) is 53.6 Å². The number of benzene rings is 2. The molecule has 33 heavy (non-hydrogen) atoms. The number of carbonyl (C=O) groups excluding carboxylic acids is 1. The van der Waals surface area contributed by atoms with Crippen LogP contribution in [0, 0.1) is 17.0 Å². The summed E-state index contributed by atoms with van der Waals surface area (Å²) in [5, 5.41) is 14.0. The molecule has 2 atom stereocenters. The molecule has 10 heteroatoms. The number of thioether (sulfide) groups is 1. The third-order valence-electron chi connectivity index (χ3n) is 5.10. The molecule has 0 aliphatic carbocycles. The first-order valence-corrected chi connectivity index (χ1v) is 11.0. The fourth-order valence-electron chi connectivity index (χ4n) is 3.38. The Morgan fingerprint density at radius 2 is 1.94 bits per heavy atom. The second-order valence-electron chi connectivity index (χ2n) is 7.17. The summed E-state index contributed by atoms with van der Waals surface area (Å²) in [6, 6.07) is 12.3. The van der Waals surface area contributed by atoms with E-state index >= 15 is 0 Å². The fourth-order valence-corrected chi connectivity index (χ4v) is 4.76. The molecule has 0 radical (unpaired) electrons. The molecule has 1 amide bonds. The second-order valence-corrected chi connectivity index (χ2v) is 8.43. The first kappa shape index (κ1) is 26.8. The smallest absolute Gasteiger partial charge is 0.273 e. The van der Waals surface area contributed by atoms with Gasteiger partial charge in [-0.3, -0.25) is 10.2 Å². The molecule has 0 aromatic heterocycles. The lowest BCUT2D eigenvalue weighted by atomic mass is 9.99. The topological polar surface area (TPSA) is 75.0 Å². The predicted molar refractivity (Wildman–Crippen MR) is 128 cm³/mol. The monoisotopic (exact) mass is 497 g/mol. The van der Waals surface area contributed by atoms with Crippen molar-refractivity contribution in [2.75, 3.05) is 13.7 Å². The van der Waals surface area contributed by atoms with Crippen LogP contribution in [0.3, 0.4) is 0 Å². The number of amides is 1. The van der Waals surface area contributed by atoms with Gasteiger partial charge in [0, 0.05) is 19.1 Å². The zero-order valence-electron chi connectivity index (χ0n) is 18.5. The van der Waals surface area contributed by atoms with Crippen LogP contribution >= 0.6 is 24.2 Å². The van der Waals surface area contributed by atoms with Gasteiger partial charge >= 0.3 is 0 Å². The number of rotatable bonds is 8. The molecule has 0 bridgehead atoms. The van der Waals surface area contributed by atoms with E-state index < -0.39 is 28.5 Å². The standard InChI is InChI=1S/C23H25F2N3O3S.ClH/c1-4-31-20(26)12-13-23(16-8-6-5-7-9-16)28(22(29)15(2)30-3)27-21(32-23)18-14-17(24)10-11-19(18)25;/h5-11,14-15,26H,4,12-13H2,1-3H3;1H/t15-,23?;/m0./s1. The van der Waals surface area contributed by atoms with Gasteiger partial charge in [-0.1, -0.05) is 42.1 Å². The van der Waals surface area contributed by atoms with Gasteiger partial charge in [0.1, 0.15) is 27.7 Å². The molecule has 3 rings (SSSR count). The first-order chi connectivity index (χ1) is 15.3. The largest absolute Gasteiger partial charge is 0.481 e. The van der Waals surface area contributed by atoms with Crippen LogP contribution in [0.5, 0.6) is 0 Å². The van der Waals surface area contributed by atoms with Crippen molar-refractivity contribution in [1.29, 1.82) is 5.41 Å². The number of methoxy groups -OCH3 is 1. The highest BCUT2D eigenvalue weighted by molar-refractivity contribution is 8.15. The summed E-state index contributed by atoms with van der Waals surface area (Å²) in [5.74, 6) is -1.61. The number of hydrazone groups is 1. The number of hydrogen-bond donors (Lipinski definition) is 1. The minimum absolute atomic E-state index is 0. The SMILES string of the molecule is CCOC(=N)CCC1(c2ccccc2)SC(c2cc(F)ccc2F)=NN1C(=O)[C@H](C)OC.Cl. The van der Waals surface area contributed by atoms with Gasteiger partial charge in [-0.15, -0.1) is 12.4 Å². The van der Waals surface area contributed by atoms with Gasteiger partial charge in [-0.05, 0) is 44.0 Å². The maximum atomic E-state index is 14.6. The Hall–Kier alpha value is -2.49. The van der Waals surface area contributed by atoms with Gasteiger partial charge in [0.05, 0.1) is 6.61 Å². The molecule has 0 saturated heterocycles. The number of nitrogens with one attached hydrogen (secondary N) is 1. The normalized spacial score (nSPS) is 18.3. The summed E-state index contributed by atoms with van der Waals surface area (Å²) >= 11 is 1.15. The number of carbonyl (C=O) groups is 1. The van der Waals surface area contributed by atoms with E-state index in [0.717, 1.165) is 35.5 Å². The lowest BCUT2D eigenvalue weighted by Crippen LogP contribution is -2.46.